The van der Waals surface area contributed by atoms with Crippen molar-refractivity contribution >= 4 is 0 Å². The molecule has 1 aliphatic carbocycles. The molecule has 2 unspecified atom stereocenters. The zero-order valence-electron chi connectivity index (χ0n) is 6.81. The molecule has 0 aromatic rings. The number of halogens is 1. The third-order valence-corrected chi connectivity index (χ3v) is 3.23. The molecule has 1 saturated carbocycles. The van der Waals surface area contributed by atoms with E-state index in [0.717, 1.165) is 12.0 Å². The van der Waals surface area contributed by atoms with Crippen LogP contribution in [0.1, 0.15) is 19.3 Å². The predicted octanol–water partition coefficient (Wildman–Crippen LogP) is -1.75. The Morgan fingerprint density at radius 2 is 1.90 bits per heavy atom. The van der Waals surface area contributed by atoms with Gasteiger partial charge in [-0.2, -0.15) is 0 Å². The lowest BCUT2D eigenvalue weighted by molar-refractivity contribution is -0.907. The minimum absolute atomic E-state index is 0. The summed E-state index contributed by atoms with van der Waals surface area (Å²) in [5, 5.41) is 0. The fourth-order valence-electron chi connectivity index (χ4n) is 2.66. The van der Waals surface area contributed by atoms with Crippen LogP contribution < -0.4 is 12.4 Å². The standard InChI is InChI=1S/C8H16N.ClH/c1-9(2)6-7-3-4-8(9)5-7;/h7-8H,3-6H2,1-2H3;1H/q+1;/p-1. The maximum absolute atomic E-state index is 2.38. The van der Waals surface area contributed by atoms with Gasteiger partial charge in [-0.05, 0) is 12.8 Å². The molecule has 0 aromatic heterocycles. The Morgan fingerprint density at radius 1 is 1.20 bits per heavy atom. The first-order valence-electron chi connectivity index (χ1n) is 4.01. The van der Waals surface area contributed by atoms with Crippen molar-refractivity contribution < 1.29 is 16.9 Å². The third-order valence-electron chi connectivity index (χ3n) is 3.23. The number of hydrogen-bond acceptors (Lipinski definition) is 0. The van der Waals surface area contributed by atoms with E-state index in [0.29, 0.717) is 0 Å². The van der Waals surface area contributed by atoms with Gasteiger partial charge in [-0.15, -0.1) is 0 Å². The summed E-state index contributed by atoms with van der Waals surface area (Å²) in [5.74, 6) is 1.09. The van der Waals surface area contributed by atoms with Crippen molar-refractivity contribution in [3.05, 3.63) is 0 Å². The van der Waals surface area contributed by atoms with Crippen LogP contribution in [0.25, 0.3) is 0 Å². The molecule has 1 saturated heterocycles. The monoisotopic (exact) mass is 161 g/mol. The number of hydrogen-bond donors (Lipinski definition) is 0. The van der Waals surface area contributed by atoms with Crippen LogP contribution in [0, 0.1) is 5.92 Å². The Morgan fingerprint density at radius 3 is 2.10 bits per heavy atom. The van der Waals surface area contributed by atoms with Crippen molar-refractivity contribution in [1.82, 2.24) is 0 Å². The fourth-order valence-corrected chi connectivity index (χ4v) is 2.66. The van der Waals surface area contributed by atoms with Crippen molar-refractivity contribution in [1.29, 1.82) is 0 Å². The van der Waals surface area contributed by atoms with E-state index in [-0.39, 0.29) is 12.4 Å². The molecule has 2 fully saturated rings. The van der Waals surface area contributed by atoms with E-state index in [9.17, 15) is 0 Å². The summed E-state index contributed by atoms with van der Waals surface area (Å²) in [6.07, 6.45) is 4.54. The van der Waals surface area contributed by atoms with Gasteiger partial charge in [-0.1, -0.05) is 0 Å². The number of rotatable bonds is 0. The Kier molecular flexibility index (Phi) is 1.99. The Labute approximate surface area is 69.4 Å². The van der Waals surface area contributed by atoms with Gasteiger partial charge in [0.05, 0.1) is 26.7 Å². The zero-order chi connectivity index (χ0) is 6.48. The molecule has 1 nitrogen and oxygen atoms in total. The Hall–Kier alpha value is 0.250. The van der Waals surface area contributed by atoms with Crippen LogP contribution in [-0.4, -0.2) is 31.2 Å². The summed E-state index contributed by atoms with van der Waals surface area (Å²) in [5.41, 5.74) is 0. The second-order valence-electron chi connectivity index (χ2n) is 4.29. The summed E-state index contributed by atoms with van der Waals surface area (Å²) in [7, 11) is 4.76. The molecule has 0 amide bonds. The Balaban J connectivity index is 0.000000500. The maximum atomic E-state index is 2.38. The van der Waals surface area contributed by atoms with Crippen LogP contribution in [-0.2, 0) is 0 Å². The third kappa shape index (κ3) is 1.06. The summed E-state index contributed by atoms with van der Waals surface area (Å²) in [4.78, 5) is 0. The van der Waals surface area contributed by atoms with Gasteiger partial charge < -0.3 is 16.9 Å². The van der Waals surface area contributed by atoms with Crippen LogP contribution in [0.5, 0.6) is 0 Å². The van der Waals surface area contributed by atoms with E-state index < -0.39 is 0 Å². The molecule has 2 bridgehead atoms. The van der Waals surface area contributed by atoms with Crippen LogP contribution in [0.3, 0.4) is 0 Å². The number of piperidine rings is 1. The van der Waals surface area contributed by atoms with Crippen LogP contribution >= 0.6 is 0 Å². The lowest BCUT2D eigenvalue weighted by atomic mass is 10.1. The van der Waals surface area contributed by atoms with Crippen LogP contribution in [0.15, 0.2) is 0 Å². The highest BCUT2D eigenvalue weighted by atomic mass is 35.5. The summed E-state index contributed by atoms with van der Waals surface area (Å²) in [6, 6.07) is 1.02. The van der Waals surface area contributed by atoms with Crippen molar-refractivity contribution in [2.75, 3.05) is 20.6 Å². The second-order valence-corrected chi connectivity index (χ2v) is 4.29. The first-order chi connectivity index (χ1) is 4.18. The van der Waals surface area contributed by atoms with Crippen molar-refractivity contribution in [2.24, 2.45) is 5.92 Å². The highest BCUT2D eigenvalue weighted by Gasteiger charge is 2.45. The Bertz CT molecular complexity index is 133. The number of likely N-dealkylation sites (tertiary alicyclic amines) is 1. The molecule has 2 rings (SSSR count). The predicted molar refractivity (Wildman–Crippen MR) is 38.1 cm³/mol. The topological polar surface area (TPSA) is 0 Å². The fraction of sp³-hybridized carbons (Fsp3) is 1.00. The smallest absolute Gasteiger partial charge is 0.0891 e. The molecule has 1 heterocycles. The van der Waals surface area contributed by atoms with E-state index in [1.54, 1.807) is 0 Å². The van der Waals surface area contributed by atoms with Gasteiger partial charge in [0.25, 0.3) is 0 Å². The average Bonchev–Trinajstić information content (AvgIpc) is 2.19. The van der Waals surface area contributed by atoms with Crippen molar-refractivity contribution in [3.63, 3.8) is 0 Å². The van der Waals surface area contributed by atoms with Gasteiger partial charge in [0, 0.05) is 12.3 Å². The molecule has 1 aliphatic heterocycles. The van der Waals surface area contributed by atoms with Gasteiger partial charge >= 0.3 is 0 Å². The quantitative estimate of drug-likeness (QED) is 0.370. The zero-order valence-corrected chi connectivity index (χ0v) is 7.56. The summed E-state index contributed by atoms with van der Waals surface area (Å²) in [6.45, 7) is 1.45. The molecular formula is C8H16ClN. The van der Waals surface area contributed by atoms with E-state index >= 15 is 0 Å². The largest absolute Gasteiger partial charge is 1.00 e. The van der Waals surface area contributed by atoms with Crippen LogP contribution in [0.2, 0.25) is 0 Å². The lowest BCUT2D eigenvalue weighted by Crippen LogP contribution is -3.00. The maximum Gasteiger partial charge on any atom is 0.0891 e. The van der Waals surface area contributed by atoms with Gasteiger partial charge in [-0.3, -0.25) is 0 Å². The average molecular weight is 162 g/mol. The number of nitrogens with zero attached hydrogens (tertiary/aromatic N) is 1. The number of fused-ring (bicyclic) bond motifs is 2. The molecule has 10 heavy (non-hydrogen) atoms. The molecule has 0 aromatic carbocycles. The minimum atomic E-state index is 0. The number of quaternary nitrogens is 1. The highest BCUT2D eigenvalue weighted by Crippen LogP contribution is 2.40. The first-order valence-corrected chi connectivity index (χ1v) is 4.01. The summed E-state index contributed by atoms with van der Waals surface area (Å²) < 4.78 is 1.31. The SMILES string of the molecule is C[N+]1(C)CC2CCC1C2.[Cl-]. The van der Waals surface area contributed by atoms with Crippen molar-refractivity contribution in [3.8, 4) is 0 Å². The van der Waals surface area contributed by atoms with Crippen LogP contribution in [0.4, 0.5) is 0 Å². The van der Waals surface area contributed by atoms with Gasteiger partial charge in [0.2, 0.25) is 0 Å². The van der Waals surface area contributed by atoms with E-state index in [1.807, 2.05) is 0 Å². The van der Waals surface area contributed by atoms with E-state index in [1.165, 1.54) is 30.3 Å². The minimum Gasteiger partial charge on any atom is -1.00 e. The second kappa shape index (κ2) is 2.38. The molecule has 2 aliphatic rings. The first kappa shape index (κ1) is 8.35. The molecule has 0 radical (unpaired) electrons. The molecular weight excluding hydrogens is 146 g/mol. The normalized spacial score (nSPS) is 41.4. The molecule has 0 spiro atoms. The molecule has 60 valence electrons. The van der Waals surface area contributed by atoms with Gasteiger partial charge in [0.15, 0.2) is 0 Å². The molecule has 2 atom stereocenters. The highest BCUT2D eigenvalue weighted by molar-refractivity contribution is 4.82. The molecule has 2 heteroatoms. The van der Waals surface area contributed by atoms with Crippen molar-refractivity contribution in [2.45, 2.75) is 25.3 Å². The van der Waals surface area contributed by atoms with Gasteiger partial charge in [-0.25, -0.2) is 0 Å². The van der Waals surface area contributed by atoms with Gasteiger partial charge in [0.1, 0.15) is 0 Å². The molecule has 0 N–H and O–H groups in total. The summed E-state index contributed by atoms with van der Waals surface area (Å²) >= 11 is 0. The van der Waals surface area contributed by atoms with E-state index in [4.69, 9.17) is 0 Å². The van der Waals surface area contributed by atoms with E-state index in [2.05, 4.69) is 14.1 Å². The lowest BCUT2D eigenvalue weighted by Gasteiger charge is -2.33.